The molecule has 1 aromatic carbocycles. The second-order valence-electron chi connectivity index (χ2n) is 3.32. The van der Waals surface area contributed by atoms with Gasteiger partial charge in [0.2, 0.25) is 0 Å². The van der Waals surface area contributed by atoms with E-state index in [0.717, 1.165) is 22.7 Å². The van der Waals surface area contributed by atoms with Crippen LogP contribution in [0.25, 0.3) is 11.3 Å². The Bertz CT molecular complexity index is 476. The molecule has 5 heteroatoms. The Labute approximate surface area is 108 Å². The summed E-state index contributed by atoms with van der Waals surface area (Å²) in [6.07, 6.45) is 0.805. The highest BCUT2D eigenvalue weighted by molar-refractivity contribution is 7.09. The highest BCUT2D eigenvalue weighted by Crippen LogP contribution is 2.28. The zero-order valence-electron chi connectivity index (χ0n) is 8.41. The summed E-state index contributed by atoms with van der Waals surface area (Å²) in [6.45, 7) is 0.614. The summed E-state index contributed by atoms with van der Waals surface area (Å²) in [4.78, 5) is 4.47. The van der Waals surface area contributed by atoms with Crippen LogP contribution in [-0.2, 0) is 6.42 Å². The van der Waals surface area contributed by atoms with Gasteiger partial charge < -0.3 is 5.73 Å². The fraction of sp³-hybridized carbons (Fsp3) is 0.182. The third-order valence-electron chi connectivity index (χ3n) is 2.07. The van der Waals surface area contributed by atoms with E-state index in [-0.39, 0.29) is 0 Å². The van der Waals surface area contributed by atoms with Gasteiger partial charge in [0.05, 0.1) is 10.7 Å². The van der Waals surface area contributed by atoms with Gasteiger partial charge in [-0.3, -0.25) is 0 Å². The molecule has 2 aromatic rings. The number of hydrogen-bond donors (Lipinski definition) is 1. The van der Waals surface area contributed by atoms with E-state index in [2.05, 4.69) is 4.98 Å². The number of thiazole rings is 1. The van der Waals surface area contributed by atoms with Crippen molar-refractivity contribution in [2.75, 3.05) is 6.54 Å². The van der Waals surface area contributed by atoms with Crippen molar-refractivity contribution in [2.45, 2.75) is 6.42 Å². The SMILES string of the molecule is NCCc1nc(-c2cc(Cl)cc(Cl)c2)cs1. The second kappa shape index (κ2) is 5.15. The molecule has 0 fully saturated rings. The van der Waals surface area contributed by atoms with E-state index in [4.69, 9.17) is 28.9 Å². The van der Waals surface area contributed by atoms with E-state index in [1.54, 1.807) is 17.4 Å². The first kappa shape index (κ1) is 11.9. The van der Waals surface area contributed by atoms with Gasteiger partial charge >= 0.3 is 0 Å². The van der Waals surface area contributed by atoms with Crippen LogP contribution in [0.15, 0.2) is 23.6 Å². The van der Waals surface area contributed by atoms with Crippen LogP contribution in [-0.4, -0.2) is 11.5 Å². The summed E-state index contributed by atoms with van der Waals surface area (Å²) in [5, 5.41) is 4.27. The molecule has 0 aliphatic carbocycles. The molecule has 0 atom stereocenters. The molecule has 2 nitrogen and oxygen atoms in total. The molecule has 0 amide bonds. The predicted molar refractivity (Wildman–Crippen MR) is 70.3 cm³/mol. The van der Waals surface area contributed by atoms with Crippen LogP contribution in [0.1, 0.15) is 5.01 Å². The Morgan fingerprint density at radius 2 is 1.88 bits per heavy atom. The van der Waals surface area contributed by atoms with Crippen LogP contribution in [0.4, 0.5) is 0 Å². The normalized spacial score (nSPS) is 10.7. The maximum absolute atomic E-state index is 5.94. The predicted octanol–water partition coefficient (Wildman–Crippen LogP) is 3.62. The lowest BCUT2D eigenvalue weighted by molar-refractivity contribution is 0.954. The van der Waals surface area contributed by atoms with Gasteiger partial charge in [-0.1, -0.05) is 23.2 Å². The van der Waals surface area contributed by atoms with Crippen molar-refractivity contribution in [3.05, 3.63) is 38.6 Å². The van der Waals surface area contributed by atoms with Crippen LogP contribution in [0.3, 0.4) is 0 Å². The summed E-state index contributed by atoms with van der Waals surface area (Å²) in [7, 11) is 0. The van der Waals surface area contributed by atoms with E-state index in [1.807, 2.05) is 17.5 Å². The molecule has 0 unspecified atom stereocenters. The van der Waals surface area contributed by atoms with Gasteiger partial charge in [0.1, 0.15) is 0 Å². The molecule has 0 saturated carbocycles. The molecule has 0 aliphatic heterocycles. The largest absolute Gasteiger partial charge is 0.330 e. The molecule has 0 radical (unpaired) electrons. The number of nitrogens with zero attached hydrogens (tertiary/aromatic N) is 1. The first-order chi connectivity index (χ1) is 7.69. The van der Waals surface area contributed by atoms with Gasteiger partial charge in [-0.25, -0.2) is 4.98 Å². The van der Waals surface area contributed by atoms with Gasteiger partial charge in [-0.2, -0.15) is 0 Å². The molecule has 0 bridgehead atoms. The Hall–Kier alpha value is -0.610. The minimum Gasteiger partial charge on any atom is -0.330 e. The van der Waals surface area contributed by atoms with Crippen molar-refractivity contribution in [3.63, 3.8) is 0 Å². The van der Waals surface area contributed by atoms with Crippen molar-refractivity contribution in [3.8, 4) is 11.3 Å². The van der Waals surface area contributed by atoms with Gasteiger partial charge in [0, 0.05) is 27.4 Å². The van der Waals surface area contributed by atoms with Gasteiger partial charge in [-0.15, -0.1) is 11.3 Å². The molecule has 0 saturated heterocycles. The quantitative estimate of drug-likeness (QED) is 0.927. The van der Waals surface area contributed by atoms with E-state index in [1.165, 1.54) is 0 Å². The van der Waals surface area contributed by atoms with Crippen LogP contribution in [0.5, 0.6) is 0 Å². The van der Waals surface area contributed by atoms with Crippen molar-refractivity contribution in [2.24, 2.45) is 5.73 Å². The number of benzene rings is 1. The fourth-order valence-electron chi connectivity index (χ4n) is 1.38. The zero-order valence-corrected chi connectivity index (χ0v) is 10.7. The molecule has 1 heterocycles. The van der Waals surface area contributed by atoms with E-state index in [0.29, 0.717) is 16.6 Å². The Morgan fingerprint density at radius 3 is 2.50 bits per heavy atom. The third-order valence-corrected chi connectivity index (χ3v) is 3.41. The highest BCUT2D eigenvalue weighted by Gasteiger charge is 2.06. The number of halogens is 2. The summed E-state index contributed by atoms with van der Waals surface area (Å²) in [5.74, 6) is 0. The Kier molecular flexibility index (Phi) is 3.82. The molecule has 0 aliphatic rings. The minimum atomic E-state index is 0.614. The van der Waals surface area contributed by atoms with Gasteiger partial charge in [-0.05, 0) is 24.7 Å². The molecule has 84 valence electrons. The monoisotopic (exact) mass is 272 g/mol. The summed E-state index contributed by atoms with van der Waals surface area (Å²) in [6, 6.07) is 5.42. The van der Waals surface area contributed by atoms with Crippen LogP contribution in [0, 0.1) is 0 Å². The summed E-state index contributed by atoms with van der Waals surface area (Å²) < 4.78 is 0. The Morgan fingerprint density at radius 1 is 1.19 bits per heavy atom. The maximum atomic E-state index is 5.94. The smallest absolute Gasteiger partial charge is 0.0945 e. The second-order valence-corrected chi connectivity index (χ2v) is 5.14. The molecule has 0 spiro atoms. The van der Waals surface area contributed by atoms with Crippen LogP contribution in [0.2, 0.25) is 10.0 Å². The minimum absolute atomic E-state index is 0.614. The van der Waals surface area contributed by atoms with Gasteiger partial charge in [0.15, 0.2) is 0 Å². The number of nitrogens with two attached hydrogens (primary N) is 1. The highest BCUT2D eigenvalue weighted by atomic mass is 35.5. The van der Waals surface area contributed by atoms with Crippen LogP contribution < -0.4 is 5.73 Å². The average molecular weight is 273 g/mol. The summed E-state index contributed by atoms with van der Waals surface area (Å²) in [5.41, 5.74) is 7.32. The number of rotatable bonds is 3. The van der Waals surface area contributed by atoms with E-state index in [9.17, 15) is 0 Å². The van der Waals surface area contributed by atoms with Crippen molar-refractivity contribution in [1.29, 1.82) is 0 Å². The van der Waals surface area contributed by atoms with E-state index < -0.39 is 0 Å². The topological polar surface area (TPSA) is 38.9 Å². The summed E-state index contributed by atoms with van der Waals surface area (Å²) >= 11 is 13.5. The zero-order chi connectivity index (χ0) is 11.5. The van der Waals surface area contributed by atoms with E-state index >= 15 is 0 Å². The molecule has 2 N–H and O–H groups in total. The fourth-order valence-corrected chi connectivity index (χ4v) is 2.73. The third kappa shape index (κ3) is 2.74. The standard InChI is InChI=1S/C11H10Cl2N2S/c12-8-3-7(4-9(13)5-8)10-6-16-11(15-10)1-2-14/h3-6H,1-2,14H2. The lowest BCUT2D eigenvalue weighted by Gasteiger charge is -1.99. The Balaban J connectivity index is 2.34. The lowest BCUT2D eigenvalue weighted by atomic mass is 10.2. The van der Waals surface area contributed by atoms with Crippen molar-refractivity contribution in [1.82, 2.24) is 4.98 Å². The average Bonchev–Trinajstić information content (AvgIpc) is 2.65. The van der Waals surface area contributed by atoms with Crippen LogP contribution >= 0.6 is 34.5 Å². The first-order valence-corrected chi connectivity index (χ1v) is 6.43. The molecular weight excluding hydrogens is 263 g/mol. The number of hydrogen-bond acceptors (Lipinski definition) is 3. The molecule has 2 rings (SSSR count). The molecule has 1 aromatic heterocycles. The van der Waals surface area contributed by atoms with Gasteiger partial charge in [0.25, 0.3) is 0 Å². The molecule has 16 heavy (non-hydrogen) atoms. The van der Waals surface area contributed by atoms with Crippen molar-refractivity contribution >= 4 is 34.5 Å². The maximum Gasteiger partial charge on any atom is 0.0945 e. The first-order valence-electron chi connectivity index (χ1n) is 4.80. The number of aromatic nitrogens is 1. The molecular formula is C11H10Cl2N2S. The van der Waals surface area contributed by atoms with Crippen molar-refractivity contribution < 1.29 is 0 Å². The lowest BCUT2D eigenvalue weighted by Crippen LogP contribution is -2.01.